The van der Waals surface area contributed by atoms with E-state index in [1.807, 2.05) is 0 Å². The van der Waals surface area contributed by atoms with E-state index in [2.05, 4.69) is 15.9 Å². The van der Waals surface area contributed by atoms with Gasteiger partial charge in [0.2, 0.25) is 0 Å². The number of rotatable bonds is 4. The predicted molar refractivity (Wildman–Crippen MR) is 97.2 cm³/mol. The summed E-state index contributed by atoms with van der Waals surface area (Å²) in [6, 6.07) is 6.14. The van der Waals surface area contributed by atoms with Crippen LogP contribution in [0.15, 0.2) is 24.3 Å². The summed E-state index contributed by atoms with van der Waals surface area (Å²) in [4.78, 5) is 0. The van der Waals surface area contributed by atoms with Crippen LogP contribution < -0.4 is 0 Å². The normalized spacial score (nSPS) is 28.2. The third-order valence-electron chi connectivity index (χ3n) is 4.81. The lowest BCUT2D eigenvalue weighted by atomic mass is 9.96. The second-order valence-electron chi connectivity index (χ2n) is 6.39. The predicted octanol–water partition coefficient (Wildman–Crippen LogP) is 1.35. The van der Waals surface area contributed by atoms with E-state index in [1.165, 1.54) is 14.7 Å². The van der Waals surface area contributed by atoms with E-state index in [-0.39, 0.29) is 48.9 Å². The maximum atomic E-state index is 14.1. The molecule has 1 aromatic rings. The highest BCUT2D eigenvalue weighted by Gasteiger charge is 2.43. The van der Waals surface area contributed by atoms with Crippen molar-refractivity contribution >= 4 is 36.0 Å². The van der Waals surface area contributed by atoms with Crippen LogP contribution in [-0.2, 0) is 20.0 Å². The minimum Gasteiger partial charge on any atom is -0.229 e. The minimum atomic E-state index is -3.78. The van der Waals surface area contributed by atoms with Crippen LogP contribution in [0, 0.1) is 5.82 Å². The fourth-order valence-corrected chi connectivity index (χ4v) is 7.50. The Labute approximate surface area is 156 Å². The van der Waals surface area contributed by atoms with Crippen molar-refractivity contribution < 1.29 is 21.2 Å². The standard InChI is InChI=1S/C15H20BrFN2O4S2/c16-10-13-9-12(14-3-1-2-4-15(14)17)11-19(13)25(22,23)18-5-7-24(20,21)8-6-18/h1-4,12-13H,5-11H2/t12-,13-/m1/s1. The molecule has 0 spiro atoms. The zero-order valence-corrected chi connectivity index (χ0v) is 16.7. The number of halogens is 2. The average Bonchev–Trinajstić information content (AvgIpc) is 3.00. The molecular formula is C15H20BrFN2O4S2. The van der Waals surface area contributed by atoms with E-state index in [0.29, 0.717) is 17.3 Å². The van der Waals surface area contributed by atoms with Crippen LogP contribution in [0.1, 0.15) is 17.9 Å². The molecule has 0 aliphatic carbocycles. The number of benzene rings is 1. The van der Waals surface area contributed by atoms with Crippen molar-refractivity contribution in [1.82, 2.24) is 8.61 Å². The van der Waals surface area contributed by atoms with Gasteiger partial charge in [-0.2, -0.15) is 17.0 Å². The van der Waals surface area contributed by atoms with E-state index in [1.54, 1.807) is 18.2 Å². The summed E-state index contributed by atoms with van der Waals surface area (Å²) < 4.78 is 65.7. The van der Waals surface area contributed by atoms with Crippen molar-refractivity contribution in [2.75, 3.05) is 36.5 Å². The second-order valence-corrected chi connectivity index (χ2v) is 11.2. The van der Waals surface area contributed by atoms with Gasteiger partial charge in [0, 0.05) is 36.9 Å². The molecule has 0 unspecified atom stereocenters. The summed E-state index contributed by atoms with van der Waals surface area (Å²) in [5, 5.41) is 0.448. The van der Waals surface area contributed by atoms with Crippen molar-refractivity contribution in [2.24, 2.45) is 0 Å². The summed E-state index contributed by atoms with van der Waals surface area (Å²) in [5.41, 5.74) is 0.521. The van der Waals surface area contributed by atoms with E-state index in [0.717, 1.165) is 0 Å². The zero-order valence-electron chi connectivity index (χ0n) is 13.5. The lowest BCUT2D eigenvalue weighted by molar-refractivity contribution is 0.343. The van der Waals surface area contributed by atoms with Gasteiger partial charge in [0.1, 0.15) is 5.82 Å². The number of hydrogen-bond donors (Lipinski definition) is 0. The quantitative estimate of drug-likeness (QED) is 0.643. The van der Waals surface area contributed by atoms with Crippen molar-refractivity contribution in [3.63, 3.8) is 0 Å². The first-order valence-corrected chi connectivity index (χ1v) is 12.4. The molecule has 1 aromatic carbocycles. The molecule has 0 N–H and O–H groups in total. The fraction of sp³-hybridized carbons (Fsp3) is 0.600. The molecule has 2 atom stereocenters. The van der Waals surface area contributed by atoms with Crippen molar-refractivity contribution in [2.45, 2.75) is 18.4 Å². The Morgan fingerprint density at radius 3 is 2.44 bits per heavy atom. The summed E-state index contributed by atoms with van der Waals surface area (Å²) in [7, 11) is -6.94. The number of sulfone groups is 1. The Balaban J connectivity index is 1.82. The number of hydrogen-bond acceptors (Lipinski definition) is 4. The summed E-state index contributed by atoms with van der Waals surface area (Å²) in [6.45, 7) is 0.143. The molecule has 0 bridgehead atoms. The number of alkyl halides is 1. The Kier molecular flexibility index (Phi) is 5.55. The first-order chi connectivity index (χ1) is 11.7. The Hall–Kier alpha value is -0.550. The van der Waals surface area contributed by atoms with Gasteiger partial charge in [0.15, 0.2) is 9.84 Å². The molecule has 2 aliphatic rings. The van der Waals surface area contributed by atoms with Crippen LogP contribution in [0.4, 0.5) is 4.39 Å². The highest BCUT2D eigenvalue weighted by atomic mass is 79.9. The van der Waals surface area contributed by atoms with Crippen LogP contribution in [-0.4, -0.2) is 68.0 Å². The molecule has 3 rings (SSSR count). The van der Waals surface area contributed by atoms with Gasteiger partial charge < -0.3 is 0 Å². The zero-order chi connectivity index (χ0) is 18.2. The molecule has 2 aliphatic heterocycles. The van der Waals surface area contributed by atoms with Gasteiger partial charge in [-0.25, -0.2) is 12.8 Å². The topological polar surface area (TPSA) is 74.8 Å². The maximum Gasteiger partial charge on any atom is 0.282 e. The van der Waals surface area contributed by atoms with E-state index >= 15 is 0 Å². The second kappa shape index (κ2) is 7.22. The Bertz CT molecular complexity index is 833. The molecule has 6 nitrogen and oxygen atoms in total. The van der Waals surface area contributed by atoms with Crippen LogP contribution in [0.5, 0.6) is 0 Å². The highest BCUT2D eigenvalue weighted by molar-refractivity contribution is 9.09. The molecule has 0 aromatic heterocycles. The number of nitrogens with zero attached hydrogens (tertiary/aromatic N) is 2. The SMILES string of the molecule is O=S1(=O)CCN(S(=O)(=O)N2C[C@H](c3ccccc3F)C[C@@H]2CBr)CC1. The molecular weight excluding hydrogens is 435 g/mol. The lowest BCUT2D eigenvalue weighted by Gasteiger charge is -2.32. The average molecular weight is 455 g/mol. The van der Waals surface area contributed by atoms with Crippen LogP contribution in [0.25, 0.3) is 0 Å². The van der Waals surface area contributed by atoms with Crippen LogP contribution in [0.3, 0.4) is 0 Å². The summed E-state index contributed by atoms with van der Waals surface area (Å²) >= 11 is 3.36. The lowest BCUT2D eigenvalue weighted by Crippen LogP contribution is -2.51. The van der Waals surface area contributed by atoms with E-state index < -0.39 is 20.0 Å². The third kappa shape index (κ3) is 3.92. The molecule has 0 radical (unpaired) electrons. The van der Waals surface area contributed by atoms with Gasteiger partial charge in [0.25, 0.3) is 10.2 Å². The molecule has 2 saturated heterocycles. The van der Waals surface area contributed by atoms with Gasteiger partial charge in [0.05, 0.1) is 11.5 Å². The first-order valence-electron chi connectivity index (χ1n) is 8.02. The summed E-state index contributed by atoms with van der Waals surface area (Å²) in [6.07, 6.45) is 0.525. The van der Waals surface area contributed by atoms with Gasteiger partial charge in [-0.3, -0.25) is 0 Å². The van der Waals surface area contributed by atoms with Crippen molar-refractivity contribution in [1.29, 1.82) is 0 Å². The molecule has 0 saturated carbocycles. The Morgan fingerprint density at radius 1 is 1.20 bits per heavy atom. The third-order valence-corrected chi connectivity index (χ3v) is 9.23. The molecule has 140 valence electrons. The van der Waals surface area contributed by atoms with Crippen molar-refractivity contribution in [3.05, 3.63) is 35.6 Å². The van der Waals surface area contributed by atoms with Gasteiger partial charge in [-0.1, -0.05) is 34.1 Å². The fourth-order valence-electron chi connectivity index (χ4n) is 3.42. The van der Waals surface area contributed by atoms with Gasteiger partial charge >= 0.3 is 0 Å². The Morgan fingerprint density at radius 2 is 1.84 bits per heavy atom. The monoisotopic (exact) mass is 454 g/mol. The minimum absolute atomic E-state index is 0.0272. The molecule has 25 heavy (non-hydrogen) atoms. The molecule has 0 amide bonds. The molecule has 2 heterocycles. The molecule has 10 heteroatoms. The van der Waals surface area contributed by atoms with E-state index in [4.69, 9.17) is 0 Å². The first kappa shape index (κ1) is 19.2. The van der Waals surface area contributed by atoms with Crippen molar-refractivity contribution in [3.8, 4) is 0 Å². The van der Waals surface area contributed by atoms with E-state index in [9.17, 15) is 21.2 Å². The highest BCUT2D eigenvalue weighted by Crippen LogP contribution is 2.36. The maximum absolute atomic E-state index is 14.1. The largest absolute Gasteiger partial charge is 0.282 e. The van der Waals surface area contributed by atoms with Gasteiger partial charge in [-0.05, 0) is 18.1 Å². The van der Waals surface area contributed by atoms with Gasteiger partial charge in [-0.15, -0.1) is 0 Å². The van der Waals surface area contributed by atoms with Crippen LogP contribution >= 0.6 is 15.9 Å². The van der Waals surface area contributed by atoms with Crippen LogP contribution in [0.2, 0.25) is 0 Å². The smallest absolute Gasteiger partial charge is 0.229 e. The molecule has 2 fully saturated rings. The summed E-state index contributed by atoms with van der Waals surface area (Å²) in [5.74, 6) is -0.859.